The van der Waals surface area contributed by atoms with Crippen LogP contribution in [0.25, 0.3) is 12.2 Å². The summed E-state index contributed by atoms with van der Waals surface area (Å²) in [6.07, 6.45) is 5.84. The number of pyridine rings is 1. The molecule has 0 aliphatic carbocycles. The van der Waals surface area contributed by atoms with Gasteiger partial charge in [-0.2, -0.15) is 0 Å². The lowest BCUT2D eigenvalue weighted by molar-refractivity contribution is -0.673. The first-order valence-corrected chi connectivity index (χ1v) is 7.14. The van der Waals surface area contributed by atoms with Gasteiger partial charge < -0.3 is 14.2 Å². The van der Waals surface area contributed by atoms with Gasteiger partial charge in [0.15, 0.2) is 12.5 Å². The summed E-state index contributed by atoms with van der Waals surface area (Å²) in [5, 5.41) is 0. The molecule has 0 N–H and O–H groups in total. The van der Waals surface area contributed by atoms with Crippen LogP contribution >= 0.6 is 0 Å². The second kappa shape index (κ2) is 8.32. The molecule has 0 atom stereocenters. The van der Waals surface area contributed by atoms with Crippen LogP contribution in [0, 0.1) is 0 Å². The highest BCUT2D eigenvalue weighted by Gasteiger charge is 2.05. The fraction of sp³-hybridized carbons (Fsp3) is 0.278. The van der Waals surface area contributed by atoms with Crippen LogP contribution in [-0.4, -0.2) is 27.1 Å². The van der Waals surface area contributed by atoms with Gasteiger partial charge in [-0.3, -0.25) is 0 Å². The van der Waals surface area contributed by atoms with Gasteiger partial charge in [-0.05, 0) is 29.8 Å². The minimum absolute atomic E-state index is 0.349. The van der Waals surface area contributed by atoms with Gasteiger partial charge in [-0.1, -0.05) is 12.1 Å². The van der Waals surface area contributed by atoms with E-state index in [1.165, 1.54) is 0 Å². The van der Waals surface area contributed by atoms with Crippen molar-refractivity contribution < 1.29 is 18.8 Å². The molecule has 1 heterocycles. The van der Waals surface area contributed by atoms with Gasteiger partial charge in [-0.15, -0.1) is 0 Å². The van der Waals surface area contributed by atoms with Crippen LogP contribution in [0.5, 0.6) is 5.75 Å². The molecule has 2 rings (SSSR count). The molecule has 0 radical (unpaired) electrons. The first kappa shape index (κ1) is 16.2. The van der Waals surface area contributed by atoms with E-state index in [0.29, 0.717) is 6.61 Å². The number of hydrogen-bond donors (Lipinski definition) is 0. The SMILES string of the molecule is COC(COc1ccc(C=Cc2cccc[n+]2C)cc1)OC. The average Bonchev–Trinajstić information content (AvgIpc) is 2.56. The molecule has 1 aromatic heterocycles. The molecule has 0 fully saturated rings. The Balaban J connectivity index is 1.96. The zero-order valence-electron chi connectivity index (χ0n) is 13.2. The van der Waals surface area contributed by atoms with Crippen molar-refractivity contribution in [2.24, 2.45) is 7.05 Å². The minimum Gasteiger partial charge on any atom is -0.488 e. The van der Waals surface area contributed by atoms with E-state index in [1.54, 1.807) is 14.2 Å². The summed E-state index contributed by atoms with van der Waals surface area (Å²) in [5.41, 5.74) is 2.26. The Labute approximate surface area is 131 Å². The van der Waals surface area contributed by atoms with Gasteiger partial charge >= 0.3 is 0 Å². The van der Waals surface area contributed by atoms with Crippen LogP contribution in [0.3, 0.4) is 0 Å². The van der Waals surface area contributed by atoms with E-state index in [-0.39, 0.29) is 6.29 Å². The predicted molar refractivity (Wildman–Crippen MR) is 86.3 cm³/mol. The largest absolute Gasteiger partial charge is 0.488 e. The third-order valence-corrected chi connectivity index (χ3v) is 3.33. The maximum absolute atomic E-state index is 5.61. The van der Waals surface area contributed by atoms with E-state index >= 15 is 0 Å². The number of aromatic nitrogens is 1. The maximum atomic E-state index is 5.61. The fourth-order valence-electron chi connectivity index (χ4n) is 1.96. The lowest BCUT2D eigenvalue weighted by Crippen LogP contribution is -2.30. The van der Waals surface area contributed by atoms with Gasteiger partial charge in [0.1, 0.15) is 19.4 Å². The number of ether oxygens (including phenoxy) is 3. The van der Waals surface area contributed by atoms with Gasteiger partial charge in [0.25, 0.3) is 0 Å². The lowest BCUT2D eigenvalue weighted by atomic mass is 10.2. The highest BCUT2D eigenvalue weighted by atomic mass is 16.7. The molecule has 0 bridgehead atoms. The van der Waals surface area contributed by atoms with Crippen LogP contribution in [0.15, 0.2) is 48.7 Å². The van der Waals surface area contributed by atoms with Crippen LogP contribution in [0.2, 0.25) is 0 Å². The molecular weight excluding hydrogens is 278 g/mol. The zero-order chi connectivity index (χ0) is 15.8. The minimum atomic E-state index is -0.349. The molecule has 0 aliphatic rings. The second-order valence-electron chi connectivity index (χ2n) is 4.85. The molecule has 0 unspecified atom stereocenters. The molecule has 0 amide bonds. The number of hydrogen-bond acceptors (Lipinski definition) is 3. The molecule has 0 aliphatic heterocycles. The average molecular weight is 300 g/mol. The molecule has 0 spiro atoms. The summed E-state index contributed by atoms with van der Waals surface area (Å²) in [4.78, 5) is 0. The number of benzene rings is 1. The van der Waals surface area contributed by atoms with Crippen molar-refractivity contribution in [1.82, 2.24) is 0 Å². The van der Waals surface area contributed by atoms with Crippen molar-refractivity contribution in [3.63, 3.8) is 0 Å². The number of rotatable bonds is 7. The Hall–Kier alpha value is -2.17. The topological polar surface area (TPSA) is 31.6 Å². The number of nitrogens with zero attached hydrogens (tertiary/aromatic N) is 1. The molecule has 2 aromatic rings. The van der Waals surface area contributed by atoms with Crippen molar-refractivity contribution in [2.45, 2.75) is 6.29 Å². The third-order valence-electron chi connectivity index (χ3n) is 3.33. The molecule has 22 heavy (non-hydrogen) atoms. The molecule has 4 heteroatoms. The predicted octanol–water partition coefficient (Wildman–Crippen LogP) is 2.68. The molecule has 0 saturated carbocycles. The van der Waals surface area contributed by atoms with E-state index < -0.39 is 0 Å². The summed E-state index contributed by atoms with van der Waals surface area (Å²) in [6.45, 7) is 0.363. The molecule has 1 aromatic carbocycles. The molecule has 116 valence electrons. The fourth-order valence-corrected chi connectivity index (χ4v) is 1.96. The third kappa shape index (κ3) is 4.69. The maximum Gasteiger partial charge on any atom is 0.204 e. The normalized spacial score (nSPS) is 11.3. The molecule has 4 nitrogen and oxygen atoms in total. The Morgan fingerprint density at radius 2 is 1.73 bits per heavy atom. The van der Waals surface area contributed by atoms with Crippen LogP contribution < -0.4 is 9.30 Å². The first-order valence-electron chi connectivity index (χ1n) is 7.14. The first-order chi connectivity index (χ1) is 10.7. The van der Waals surface area contributed by atoms with Crippen molar-refractivity contribution in [3.05, 3.63) is 59.9 Å². The van der Waals surface area contributed by atoms with Crippen molar-refractivity contribution in [3.8, 4) is 5.75 Å². The second-order valence-corrected chi connectivity index (χ2v) is 4.85. The van der Waals surface area contributed by atoms with Crippen molar-refractivity contribution >= 4 is 12.2 Å². The lowest BCUT2D eigenvalue weighted by Gasteiger charge is -2.14. The Bertz CT molecular complexity index is 604. The Morgan fingerprint density at radius 1 is 1.00 bits per heavy atom. The van der Waals surface area contributed by atoms with E-state index in [4.69, 9.17) is 14.2 Å². The Kier molecular flexibility index (Phi) is 6.13. The van der Waals surface area contributed by atoms with Crippen molar-refractivity contribution in [1.29, 1.82) is 0 Å². The summed E-state index contributed by atoms with van der Waals surface area (Å²) < 4.78 is 17.8. The van der Waals surface area contributed by atoms with Crippen LogP contribution in [0.1, 0.15) is 11.3 Å². The number of aryl methyl sites for hydroxylation is 1. The zero-order valence-corrected chi connectivity index (χ0v) is 13.2. The summed E-state index contributed by atoms with van der Waals surface area (Å²) >= 11 is 0. The van der Waals surface area contributed by atoms with E-state index in [0.717, 1.165) is 17.0 Å². The van der Waals surface area contributed by atoms with Crippen LogP contribution in [-0.2, 0) is 16.5 Å². The standard InChI is InChI=1S/C18H22NO3/c1-19-13-5-4-6-16(19)10-7-15-8-11-17(12-9-15)22-14-18(20-2)21-3/h4-13,18H,14H2,1-3H3/q+1. The molecular formula is C18H22NO3+. The van der Waals surface area contributed by atoms with E-state index in [9.17, 15) is 0 Å². The van der Waals surface area contributed by atoms with Gasteiger partial charge in [-0.25, -0.2) is 4.57 Å². The smallest absolute Gasteiger partial charge is 0.204 e. The summed E-state index contributed by atoms with van der Waals surface area (Å²) in [6, 6.07) is 14.0. The molecule has 0 saturated heterocycles. The number of methoxy groups -OCH3 is 2. The quantitative estimate of drug-likeness (QED) is 0.582. The van der Waals surface area contributed by atoms with Gasteiger partial charge in [0.05, 0.1) is 0 Å². The summed E-state index contributed by atoms with van der Waals surface area (Å²) in [7, 11) is 5.21. The van der Waals surface area contributed by atoms with Gasteiger partial charge in [0, 0.05) is 32.4 Å². The van der Waals surface area contributed by atoms with E-state index in [2.05, 4.69) is 22.8 Å². The van der Waals surface area contributed by atoms with E-state index in [1.807, 2.05) is 49.6 Å². The Morgan fingerprint density at radius 3 is 2.36 bits per heavy atom. The van der Waals surface area contributed by atoms with Crippen LogP contribution in [0.4, 0.5) is 0 Å². The highest BCUT2D eigenvalue weighted by Crippen LogP contribution is 2.14. The monoisotopic (exact) mass is 300 g/mol. The van der Waals surface area contributed by atoms with Crippen molar-refractivity contribution in [2.75, 3.05) is 20.8 Å². The van der Waals surface area contributed by atoms with Gasteiger partial charge in [0.2, 0.25) is 5.69 Å². The summed E-state index contributed by atoms with van der Waals surface area (Å²) in [5.74, 6) is 0.793. The highest BCUT2D eigenvalue weighted by molar-refractivity contribution is 5.67.